The molecule has 1 saturated carbocycles. The Balaban J connectivity index is 1.79. The Bertz CT molecular complexity index is 1140. The molecule has 1 aromatic heterocycles. The molecule has 1 aliphatic carbocycles. The van der Waals surface area contributed by atoms with E-state index in [0.29, 0.717) is 27.9 Å². The number of nitrogens with one attached hydrogen (secondary N) is 1. The lowest BCUT2D eigenvalue weighted by atomic mass is 9.97. The van der Waals surface area contributed by atoms with Gasteiger partial charge in [-0.25, -0.2) is 9.07 Å². The van der Waals surface area contributed by atoms with E-state index >= 15 is 0 Å². The van der Waals surface area contributed by atoms with Crippen molar-refractivity contribution in [2.24, 2.45) is 11.7 Å². The monoisotopic (exact) mass is 447 g/mol. The number of alkyl halides is 3. The average molecular weight is 447 g/mol. The van der Waals surface area contributed by atoms with Crippen molar-refractivity contribution in [1.82, 2.24) is 15.1 Å². The molecule has 1 atom stereocenters. The topological polar surface area (TPSA) is 99.0 Å². The van der Waals surface area contributed by atoms with Gasteiger partial charge in [-0.05, 0) is 60.7 Å². The van der Waals surface area contributed by atoms with Gasteiger partial charge in [-0.2, -0.15) is 18.3 Å². The minimum absolute atomic E-state index is 0.305. The number of anilines is 1. The molecule has 10 heteroatoms. The molecule has 5 N–H and O–H groups in total. The molecule has 32 heavy (non-hydrogen) atoms. The van der Waals surface area contributed by atoms with Crippen molar-refractivity contribution >= 4 is 11.6 Å². The van der Waals surface area contributed by atoms with Crippen LogP contribution in [0.5, 0.6) is 0 Å². The summed E-state index contributed by atoms with van der Waals surface area (Å²) in [7, 11) is 0. The maximum absolute atomic E-state index is 14.7. The number of hydrogen-bond donors (Lipinski definition) is 3. The van der Waals surface area contributed by atoms with E-state index < -0.39 is 29.3 Å². The fourth-order valence-corrected chi connectivity index (χ4v) is 3.47. The van der Waals surface area contributed by atoms with E-state index in [4.69, 9.17) is 11.5 Å². The Kier molecular flexibility index (Phi) is 5.64. The highest BCUT2D eigenvalue weighted by Gasteiger charge is 2.36. The molecule has 0 aliphatic heterocycles. The number of nitrogens with two attached hydrogens (primary N) is 2. The molecular weight excluding hydrogens is 426 g/mol. The number of nitrogens with zero attached hydrogens (tertiary/aromatic N) is 2. The van der Waals surface area contributed by atoms with Crippen molar-refractivity contribution in [3.05, 3.63) is 76.9 Å². The SMILES string of the molecule is NC(=O)c1cc(C(F)(F)F)nn1-c1cc(C(NCC2CC2)c2ccc(N)cc2)ccc1F. The van der Waals surface area contributed by atoms with Crippen LogP contribution in [-0.2, 0) is 6.18 Å². The third-order valence-corrected chi connectivity index (χ3v) is 5.36. The smallest absolute Gasteiger partial charge is 0.399 e. The third kappa shape index (κ3) is 4.59. The van der Waals surface area contributed by atoms with Crippen molar-refractivity contribution in [3.63, 3.8) is 0 Å². The molecule has 0 spiro atoms. The number of primary amides is 1. The Morgan fingerprint density at radius 2 is 1.78 bits per heavy atom. The van der Waals surface area contributed by atoms with E-state index in [1.165, 1.54) is 12.1 Å². The standard InChI is InChI=1S/C22H21F4N5O/c23-16-8-5-14(20(29-11-12-1-2-12)13-3-6-15(27)7-4-13)9-17(16)31-18(21(28)32)10-19(30-31)22(24,25)26/h3-10,12,20,29H,1-2,11,27H2,(H2,28,32). The van der Waals surface area contributed by atoms with Gasteiger partial charge < -0.3 is 16.8 Å². The molecule has 1 unspecified atom stereocenters. The second kappa shape index (κ2) is 8.27. The lowest BCUT2D eigenvalue weighted by Crippen LogP contribution is -2.25. The number of rotatable bonds is 7. The number of hydrogen-bond acceptors (Lipinski definition) is 4. The van der Waals surface area contributed by atoms with Gasteiger partial charge in [-0.1, -0.05) is 18.2 Å². The van der Waals surface area contributed by atoms with Gasteiger partial charge in [-0.3, -0.25) is 4.79 Å². The van der Waals surface area contributed by atoms with Crippen LogP contribution in [0.25, 0.3) is 5.69 Å². The van der Waals surface area contributed by atoms with E-state index in [1.807, 2.05) is 12.1 Å². The molecular formula is C22H21F4N5O. The van der Waals surface area contributed by atoms with E-state index in [1.54, 1.807) is 12.1 Å². The normalized spacial score (nSPS) is 15.0. The minimum atomic E-state index is -4.82. The Morgan fingerprint density at radius 1 is 1.12 bits per heavy atom. The van der Waals surface area contributed by atoms with Crippen molar-refractivity contribution in [3.8, 4) is 5.69 Å². The summed E-state index contributed by atoms with van der Waals surface area (Å²) in [6.45, 7) is 0.730. The second-order valence-electron chi connectivity index (χ2n) is 7.85. The zero-order chi connectivity index (χ0) is 23.0. The molecule has 6 nitrogen and oxygen atoms in total. The molecule has 0 bridgehead atoms. The first-order valence-electron chi connectivity index (χ1n) is 9.99. The van der Waals surface area contributed by atoms with Crippen LogP contribution in [0.3, 0.4) is 0 Å². The summed E-state index contributed by atoms with van der Waals surface area (Å²) in [6, 6.07) is 11.3. The van der Waals surface area contributed by atoms with Gasteiger partial charge in [0, 0.05) is 11.8 Å². The van der Waals surface area contributed by atoms with Crippen LogP contribution in [0, 0.1) is 11.7 Å². The van der Waals surface area contributed by atoms with Gasteiger partial charge in [0.05, 0.1) is 6.04 Å². The number of aromatic nitrogens is 2. The van der Waals surface area contributed by atoms with Crippen LogP contribution in [0.4, 0.5) is 23.2 Å². The zero-order valence-electron chi connectivity index (χ0n) is 16.9. The van der Waals surface area contributed by atoms with Crippen LogP contribution in [0.1, 0.15) is 46.2 Å². The highest BCUT2D eigenvalue weighted by molar-refractivity contribution is 5.91. The van der Waals surface area contributed by atoms with Gasteiger partial charge in [-0.15, -0.1) is 0 Å². The zero-order valence-corrected chi connectivity index (χ0v) is 16.9. The fourth-order valence-electron chi connectivity index (χ4n) is 3.47. The summed E-state index contributed by atoms with van der Waals surface area (Å²) in [5, 5.41) is 6.85. The number of benzene rings is 2. The largest absolute Gasteiger partial charge is 0.435 e. The summed E-state index contributed by atoms with van der Waals surface area (Å²) < 4.78 is 54.8. The molecule has 1 amide bonds. The first kappa shape index (κ1) is 21.8. The molecule has 2 aromatic carbocycles. The minimum Gasteiger partial charge on any atom is -0.399 e. The first-order valence-corrected chi connectivity index (χ1v) is 9.99. The summed E-state index contributed by atoms with van der Waals surface area (Å²) in [6.07, 6.45) is -2.58. The van der Waals surface area contributed by atoms with Crippen molar-refractivity contribution < 1.29 is 22.4 Å². The molecule has 0 radical (unpaired) electrons. The molecule has 3 aromatic rings. The van der Waals surface area contributed by atoms with Gasteiger partial charge in [0.25, 0.3) is 5.91 Å². The number of carbonyl (C=O) groups is 1. The summed E-state index contributed by atoms with van der Waals surface area (Å²) in [4.78, 5) is 11.8. The maximum Gasteiger partial charge on any atom is 0.435 e. The van der Waals surface area contributed by atoms with Crippen LogP contribution >= 0.6 is 0 Å². The Labute approximate surface area is 181 Å². The average Bonchev–Trinajstić information content (AvgIpc) is 3.44. The van der Waals surface area contributed by atoms with Gasteiger partial charge in [0.1, 0.15) is 17.2 Å². The predicted octanol–water partition coefficient (Wildman–Crippen LogP) is 3.80. The first-order chi connectivity index (χ1) is 15.1. The van der Waals surface area contributed by atoms with E-state index in [0.717, 1.165) is 31.0 Å². The third-order valence-electron chi connectivity index (χ3n) is 5.36. The van der Waals surface area contributed by atoms with Crippen molar-refractivity contribution in [2.75, 3.05) is 12.3 Å². The Hall–Kier alpha value is -3.40. The summed E-state index contributed by atoms with van der Waals surface area (Å²) in [5.74, 6) is -1.45. The molecule has 4 rings (SSSR count). The van der Waals surface area contributed by atoms with Gasteiger partial charge in [0.2, 0.25) is 0 Å². The predicted molar refractivity (Wildman–Crippen MR) is 110 cm³/mol. The Morgan fingerprint density at radius 3 is 2.38 bits per heavy atom. The van der Waals surface area contributed by atoms with Crippen LogP contribution in [0.2, 0.25) is 0 Å². The molecule has 0 saturated heterocycles. The summed E-state index contributed by atoms with van der Waals surface area (Å²) in [5.41, 5.74) is 10.8. The molecule has 1 fully saturated rings. The lowest BCUT2D eigenvalue weighted by Gasteiger charge is -2.21. The van der Waals surface area contributed by atoms with E-state index in [-0.39, 0.29) is 11.7 Å². The number of amides is 1. The van der Waals surface area contributed by atoms with Crippen LogP contribution in [0.15, 0.2) is 48.5 Å². The molecule has 1 heterocycles. The number of halogens is 4. The highest BCUT2D eigenvalue weighted by Crippen LogP contribution is 2.33. The van der Waals surface area contributed by atoms with Crippen molar-refractivity contribution in [2.45, 2.75) is 25.1 Å². The summed E-state index contributed by atoms with van der Waals surface area (Å²) >= 11 is 0. The van der Waals surface area contributed by atoms with Crippen molar-refractivity contribution in [1.29, 1.82) is 0 Å². The second-order valence-corrected chi connectivity index (χ2v) is 7.85. The number of nitrogen functional groups attached to an aromatic ring is 1. The lowest BCUT2D eigenvalue weighted by molar-refractivity contribution is -0.141. The van der Waals surface area contributed by atoms with Crippen LogP contribution in [-0.4, -0.2) is 22.2 Å². The van der Waals surface area contributed by atoms with E-state index in [2.05, 4.69) is 10.4 Å². The highest BCUT2D eigenvalue weighted by atomic mass is 19.4. The van der Waals surface area contributed by atoms with Gasteiger partial charge >= 0.3 is 6.18 Å². The quantitative estimate of drug-likeness (QED) is 0.379. The maximum atomic E-state index is 14.7. The molecule has 1 aliphatic rings. The van der Waals surface area contributed by atoms with Crippen LogP contribution < -0.4 is 16.8 Å². The van der Waals surface area contributed by atoms with E-state index in [9.17, 15) is 22.4 Å². The van der Waals surface area contributed by atoms with Gasteiger partial charge in [0.15, 0.2) is 5.69 Å². The molecule has 168 valence electrons. The number of carbonyl (C=O) groups excluding carboxylic acids is 1. The fraction of sp³-hybridized carbons (Fsp3) is 0.273.